The first-order chi connectivity index (χ1) is 37.5. The van der Waals surface area contributed by atoms with Crippen LogP contribution in [0.4, 0.5) is 0 Å². The van der Waals surface area contributed by atoms with Crippen LogP contribution in [0, 0.1) is 0 Å². The summed E-state index contributed by atoms with van der Waals surface area (Å²) in [6.45, 7) is 4.91. The van der Waals surface area contributed by atoms with Gasteiger partial charge in [-0.3, -0.25) is 9.59 Å². The van der Waals surface area contributed by atoms with Crippen LogP contribution in [0.2, 0.25) is 0 Å². The zero-order valence-corrected chi connectivity index (χ0v) is 51.0. The lowest BCUT2D eigenvalue weighted by Gasteiger charge is -2.22. The molecule has 76 heavy (non-hydrogen) atoms. The third-order valence-corrected chi connectivity index (χ3v) is 15.6. The van der Waals surface area contributed by atoms with Gasteiger partial charge in [0.2, 0.25) is 5.91 Å². The molecule has 0 rings (SSSR count). The first-order valence-corrected chi connectivity index (χ1v) is 33.9. The van der Waals surface area contributed by atoms with E-state index in [0.29, 0.717) is 25.9 Å². The van der Waals surface area contributed by atoms with Crippen LogP contribution in [0.1, 0.15) is 361 Å². The maximum absolute atomic E-state index is 12.5. The quantitative estimate of drug-likeness (QED) is 0.0244. The van der Waals surface area contributed by atoms with Crippen LogP contribution < -0.4 is 5.32 Å². The van der Waals surface area contributed by atoms with Gasteiger partial charge in [0, 0.05) is 12.8 Å². The molecule has 0 spiro atoms. The lowest BCUT2D eigenvalue weighted by Crippen LogP contribution is -2.45. The van der Waals surface area contributed by atoms with Crippen molar-refractivity contribution in [1.82, 2.24) is 5.32 Å². The number of ether oxygens (including phenoxy) is 1. The minimum atomic E-state index is -0.673. The number of aliphatic hydroxyl groups is 2. The van der Waals surface area contributed by atoms with E-state index in [2.05, 4.69) is 67.8 Å². The van der Waals surface area contributed by atoms with Crippen LogP contribution in [0.5, 0.6) is 0 Å². The van der Waals surface area contributed by atoms with Crippen LogP contribution in [0.15, 0.2) is 48.6 Å². The average Bonchev–Trinajstić information content (AvgIpc) is 3.42. The van der Waals surface area contributed by atoms with Crippen LogP contribution >= 0.6 is 0 Å². The Morgan fingerprint density at radius 2 is 0.697 bits per heavy atom. The fourth-order valence-corrected chi connectivity index (χ4v) is 10.4. The number of hydrogen-bond acceptors (Lipinski definition) is 5. The molecule has 0 saturated carbocycles. The molecule has 2 atom stereocenters. The predicted octanol–water partition coefficient (Wildman–Crippen LogP) is 21.7. The normalized spacial score (nSPS) is 12.8. The summed E-state index contributed by atoms with van der Waals surface area (Å²) in [6, 6.07) is -0.551. The number of rotatable bonds is 63. The van der Waals surface area contributed by atoms with Crippen molar-refractivity contribution in [2.45, 2.75) is 373 Å². The predicted molar refractivity (Wildman–Crippen MR) is 333 cm³/mol. The first-order valence-electron chi connectivity index (χ1n) is 33.9. The van der Waals surface area contributed by atoms with Gasteiger partial charge in [0.05, 0.1) is 25.4 Å². The van der Waals surface area contributed by atoms with Gasteiger partial charge in [0.15, 0.2) is 0 Å². The third kappa shape index (κ3) is 61.0. The number of amides is 1. The molecular weight excluding hydrogens is 935 g/mol. The van der Waals surface area contributed by atoms with E-state index in [0.717, 1.165) is 77.0 Å². The van der Waals surface area contributed by atoms with Gasteiger partial charge in [0.1, 0.15) is 0 Å². The summed E-state index contributed by atoms with van der Waals surface area (Å²) < 4.78 is 5.47. The Morgan fingerprint density at radius 1 is 0.382 bits per heavy atom. The van der Waals surface area contributed by atoms with E-state index in [4.69, 9.17) is 4.74 Å². The van der Waals surface area contributed by atoms with Gasteiger partial charge in [-0.15, -0.1) is 0 Å². The number of carbonyl (C=O) groups excluding carboxylic acids is 2. The Balaban J connectivity index is 3.46. The minimum Gasteiger partial charge on any atom is -0.466 e. The van der Waals surface area contributed by atoms with E-state index < -0.39 is 12.1 Å². The second-order valence-electron chi connectivity index (χ2n) is 23.2. The van der Waals surface area contributed by atoms with Crippen molar-refractivity contribution in [3.05, 3.63) is 48.6 Å². The zero-order valence-electron chi connectivity index (χ0n) is 51.0. The van der Waals surface area contributed by atoms with Crippen molar-refractivity contribution in [2.75, 3.05) is 13.2 Å². The Morgan fingerprint density at radius 3 is 1.11 bits per heavy atom. The standard InChI is InChI=1S/C70H131NO5/c1-3-5-7-9-11-13-15-17-19-21-23-24-27-30-34-38-42-46-50-54-58-62-68(73)67(66-72)71-69(74)63-59-55-51-47-43-39-35-31-28-25-29-33-37-41-45-49-53-57-61-65-76-70(75)64-60-56-52-48-44-40-36-32-26-22-20-18-16-14-12-10-8-6-4-2/h12,14,18,20,33,37,41,45,67-68,72-73H,3-11,13,15-17,19,21-32,34-36,38-40,42-44,46-66H2,1-2H3,(H,71,74)/b14-12-,20-18-,37-33-,45-41-. The van der Waals surface area contributed by atoms with Gasteiger partial charge in [-0.2, -0.15) is 0 Å². The number of esters is 1. The molecule has 0 aliphatic carbocycles. The van der Waals surface area contributed by atoms with Crippen LogP contribution in [0.3, 0.4) is 0 Å². The molecule has 446 valence electrons. The van der Waals surface area contributed by atoms with E-state index in [1.54, 1.807) is 0 Å². The number of hydrogen-bond donors (Lipinski definition) is 3. The van der Waals surface area contributed by atoms with Gasteiger partial charge in [-0.25, -0.2) is 0 Å². The van der Waals surface area contributed by atoms with Crippen molar-refractivity contribution in [3.8, 4) is 0 Å². The van der Waals surface area contributed by atoms with E-state index in [1.165, 1.54) is 250 Å². The molecule has 0 radical (unpaired) electrons. The maximum Gasteiger partial charge on any atom is 0.305 e. The summed E-state index contributed by atoms with van der Waals surface area (Å²) in [5.74, 6) is -0.0588. The van der Waals surface area contributed by atoms with Crippen molar-refractivity contribution in [2.24, 2.45) is 0 Å². The molecule has 6 heteroatoms. The molecule has 0 aliphatic heterocycles. The fraction of sp³-hybridized carbons (Fsp3) is 0.857. The molecule has 0 fully saturated rings. The largest absolute Gasteiger partial charge is 0.466 e. The highest BCUT2D eigenvalue weighted by Crippen LogP contribution is 2.18. The average molecular weight is 1070 g/mol. The minimum absolute atomic E-state index is 0.0167. The fourth-order valence-electron chi connectivity index (χ4n) is 10.4. The molecule has 2 unspecified atom stereocenters. The summed E-state index contributed by atoms with van der Waals surface area (Å²) >= 11 is 0. The molecule has 3 N–H and O–H groups in total. The molecule has 0 aliphatic rings. The Kier molecular flexibility index (Phi) is 63.5. The first kappa shape index (κ1) is 73.8. The maximum atomic E-state index is 12.5. The summed E-state index contributed by atoms with van der Waals surface area (Å²) in [6.07, 6.45) is 84.2. The van der Waals surface area contributed by atoms with Gasteiger partial charge in [0.25, 0.3) is 0 Å². The molecule has 0 bridgehead atoms. The van der Waals surface area contributed by atoms with Gasteiger partial charge in [-0.05, 0) is 89.9 Å². The molecule has 0 aromatic carbocycles. The summed E-state index contributed by atoms with van der Waals surface area (Å²) in [5.41, 5.74) is 0. The third-order valence-electron chi connectivity index (χ3n) is 15.6. The molecular formula is C70H131NO5. The lowest BCUT2D eigenvalue weighted by atomic mass is 10.0. The number of carbonyl (C=O) groups is 2. The smallest absolute Gasteiger partial charge is 0.305 e. The van der Waals surface area contributed by atoms with Gasteiger partial charge < -0.3 is 20.3 Å². The van der Waals surface area contributed by atoms with Crippen molar-refractivity contribution < 1.29 is 24.5 Å². The van der Waals surface area contributed by atoms with E-state index in [-0.39, 0.29) is 18.5 Å². The highest BCUT2D eigenvalue weighted by atomic mass is 16.5. The molecule has 0 aromatic heterocycles. The molecule has 0 heterocycles. The second kappa shape index (κ2) is 65.3. The lowest BCUT2D eigenvalue weighted by molar-refractivity contribution is -0.143. The molecule has 6 nitrogen and oxygen atoms in total. The monoisotopic (exact) mass is 1070 g/mol. The zero-order chi connectivity index (χ0) is 55.0. The van der Waals surface area contributed by atoms with E-state index in [1.807, 2.05) is 0 Å². The number of allylic oxidation sites excluding steroid dienone is 8. The SMILES string of the molecule is CCCCC/C=C\C/C=C\CCCCCCCCCCCC(=O)OCCCCC/C=C\C=C/CCCCCCCCCCCCC(=O)NC(CO)C(O)CCCCCCCCCCCCCCCCCCCCCCC. The Labute approximate surface area is 474 Å². The summed E-state index contributed by atoms with van der Waals surface area (Å²) in [4.78, 5) is 24.6. The topological polar surface area (TPSA) is 95.9 Å². The van der Waals surface area contributed by atoms with E-state index in [9.17, 15) is 19.8 Å². The summed E-state index contributed by atoms with van der Waals surface area (Å²) in [7, 11) is 0. The number of unbranched alkanes of at least 4 members (excludes halogenated alkanes) is 45. The second-order valence-corrected chi connectivity index (χ2v) is 23.2. The number of aliphatic hydroxyl groups excluding tert-OH is 2. The Hall–Kier alpha value is -2.18. The van der Waals surface area contributed by atoms with Crippen LogP contribution in [-0.2, 0) is 14.3 Å². The van der Waals surface area contributed by atoms with Crippen molar-refractivity contribution in [1.29, 1.82) is 0 Å². The van der Waals surface area contributed by atoms with Gasteiger partial charge in [-0.1, -0.05) is 306 Å². The molecule has 0 aromatic rings. The van der Waals surface area contributed by atoms with Crippen molar-refractivity contribution >= 4 is 11.9 Å². The summed E-state index contributed by atoms with van der Waals surface area (Å²) in [5, 5.41) is 23.4. The highest BCUT2D eigenvalue weighted by molar-refractivity contribution is 5.76. The molecule has 0 saturated heterocycles. The number of nitrogens with one attached hydrogen (secondary N) is 1. The van der Waals surface area contributed by atoms with Crippen LogP contribution in [-0.4, -0.2) is 47.4 Å². The molecule has 1 amide bonds. The Bertz CT molecular complexity index is 1270. The van der Waals surface area contributed by atoms with E-state index >= 15 is 0 Å². The van der Waals surface area contributed by atoms with Gasteiger partial charge >= 0.3 is 5.97 Å². The van der Waals surface area contributed by atoms with Crippen molar-refractivity contribution in [3.63, 3.8) is 0 Å². The van der Waals surface area contributed by atoms with Crippen LogP contribution in [0.25, 0.3) is 0 Å². The highest BCUT2D eigenvalue weighted by Gasteiger charge is 2.20.